The number of nitrogen functional groups attached to an aromatic ring is 1. The van der Waals surface area contributed by atoms with Gasteiger partial charge in [0.15, 0.2) is 11.2 Å². The van der Waals surface area contributed by atoms with Crippen molar-refractivity contribution in [2.75, 3.05) is 12.3 Å². The fraction of sp³-hybridized carbons (Fsp3) is 0.263. The van der Waals surface area contributed by atoms with Crippen molar-refractivity contribution in [2.24, 2.45) is 0 Å². The number of ether oxygens (including phenoxy) is 1. The molecule has 0 fully saturated rings. The van der Waals surface area contributed by atoms with Crippen molar-refractivity contribution in [1.82, 2.24) is 19.9 Å². The number of nitrogens with zero attached hydrogens (tertiary/aromatic N) is 4. The van der Waals surface area contributed by atoms with E-state index < -0.39 is 0 Å². The molecular formula is C19H21N5O. The second-order valence-electron chi connectivity index (χ2n) is 5.65. The van der Waals surface area contributed by atoms with E-state index in [1.54, 1.807) is 6.20 Å². The molecule has 2 N–H and O–H groups in total. The number of unbranched alkanes of at least 4 members (excludes halogenated alkanes) is 2. The third-order valence-electron chi connectivity index (χ3n) is 3.64. The van der Waals surface area contributed by atoms with Crippen LogP contribution in [0.15, 0.2) is 36.5 Å². The summed E-state index contributed by atoms with van der Waals surface area (Å²) in [4.78, 5) is 17.2. The average Bonchev–Trinajstić information content (AvgIpc) is 2.64. The normalized spacial score (nSPS) is 11.2. The van der Waals surface area contributed by atoms with Gasteiger partial charge in [0.25, 0.3) is 0 Å². The molecule has 128 valence electrons. The van der Waals surface area contributed by atoms with Crippen molar-refractivity contribution in [2.45, 2.75) is 26.2 Å². The molecule has 0 saturated heterocycles. The first-order valence-electron chi connectivity index (χ1n) is 8.42. The molecule has 1 aromatic carbocycles. The number of rotatable bonds is 7. The summed E-state index contributed by atoms with van der Waals surface area (Å²) in [6, 6.07) is 10.0. The standard InChI is InChI=1S/C19H21N5O/c1-2-3-7-12-25-18-16-17(23-19(20)24-18)21-13-15(22-16)11-10-14-8-5-4-6-9-14/h4-6,8-11,13H,2-3,7,12H2,1H3,(H2,20,21,23,24)/b11-10+. The van der Waals surface area contributed by atoms with Crippen LogP contribution in [0.2, 0.25) is 0 Å². The Morgan fingerprint density at radius 2 is 1.88 bits per heavy atom. The van der Waals surface area contributed by atoms with Crippen LogP contribution >= 0.6 is 0 Å². The molecule has 2 heterocycles. The Kier molecular flexibility index (Phi) is 5.51. The van der Waals surface area contributed by atoms with Crippen molar-refractivity contribution < 1.29 is 4.74 Å². The van der Waals surface area contributed by atoms with Crippen LogP contribution in [0.3, 0.4) is 0 Å². The predicted molar refractivity (Wildman–Crippen MR) is 99.9 cm³/mol. The molecule has 0 aliphatic carbocycles. The van der Waals surface area contributed by atoms with Crippen LogP contribution in [-0.4, -0.2) is 26.5 Å². The first kappa shape index (κ1) is 16.8. The Morgan fingerprint density at radius 3 is 2.68 bits per heavy atom. The Labute approximate surface area is 146 Å². The van der Waals surface area contributed by atoms with Crippen molar-refractivity contribution in [3.05, 3.63) is 47.8 Å². The zero-order valence-electron chi connectivity index (χ0n) is 14.2. The van der Waals surface area contributed by atoms with Crippen molar-refractivity contribution in [1.29, 1.82) is 0 Å². The Morgan fingerprint density at radius 1 is 1.04 bits per heavy atom. The number of hydrogen-bond donors (Lipinski definition) is 1. The predicted octanol–water partition coefficient (Wildman–Crippen LogP) is 3.74. The fourth-order valence-corrected chi connectivity index (χ4v) is 2.36. The molecule has 3 rings (SSSR count). The smallest absolute Gasteiger partial charge is 0.247 e. The van der Waals surface area contributed by atoms with E-state index in [-0.39, 0.29) is 5.95 Å². The van der Waals surface area contributed by atoms with E-state index in [0.717, 1.165) is 24.8 Å². The monoisotopic (exact) mass is 335 g/mol. The average molecular weight is 335 g/mol. The third kappa shape index (κ3) is 4.50. The topological polar surface area (TPSA) is 86.8 Å². The summed E-state index contributed by atoms with van der Waals surface area (Å²) in [5, 5.41) is 0. The lowest BCUT2D eigenvalue weighted by Gasteiger charge is -2.08. The summed E-state index contributed by atoms with van der Waals surface area (Å²) in [5.74, 6) is 0.529. The lowest BCUT2D eigenvalue weighted by molar-refractivity contribution is 0.298. The molecule has 0 saturated carbocycles. The van der Waals surface area contributed by atoms with E-state index in [1.165, 1.54) is 0 Å². The minimum atomic E-state index is 0.139. The molecule has 2 aromatic heterocycles. The second kappa shape index (κ2) is 8.19. The summed E-state index contributed by atoms with van der Waals surface area (Å²) in [7, 11) is 0. The number of fused-ring (bicyclic) bond motifs is 1. The highest BCUT2D eigenvalue weighted by Gasteiger charge is 2.10. The Balaban J connectivity index is 1.87. The van der Waals surface area contributed by atoms with E-state index in [2.05, 4.69) is 26.9 Å². The van der Waals surface area contributed by atoms with Crippen molar-refractivity contribution >= 4 is 29.3 Å². The first-order valence-corrected chi connectivity index (χ1v) is 8.42. The van der Waals surface area contributed by atoms with Gasteiger partial charge in [-0.3, -0.25) is 0 Å². The lowest BCUT2D eigenvalue weighted by atomic mass is 10.2. The molecule has 0 bridgehead atoms. The summed E-state index contributed by atoms with van der Waals surface area (Å²) in [6.45, 7) is 2.72. The van der Waals surface area contributed by atoms with Gasteiger partial charge in [-0.05, 0) is 18.1 Å². The molecule has 6 nitrogen and oxygen atoms in total. The zero-order valence-corrected chi connectivity index (χ0v) is 14.2. The van der Waals surface area contributed by atoms with Gasteiger partial charge in [-0.15, -0.1) is 0 Å². The Hall–Kier alpha value is -3.02. The summed E-state index contributed by atoms with van der Waals surface area (Å²) < 4.78 is 5.76. The maximum atomic E-state index is 5.76. The van der Waals surface area contributed by atoms with Gasteiger partial charge in [-0.1, -0.05) is 56.2 Å². The number of benzene rings is 1. The van der Waals surface area contributed by atoms with Gasteiger partial charge in [0.1, 0.15) is 0 Å². The van der Waals surface area contributed by atoms with Crippen LogP contribution in [0.4, 0.5) is 5.95 Å². The molecule has 0 aliphatic heterocycles. The van der Waals surface area contributed by atoms with Gasteiger partial charge in [-0.2, -0.15) is 9.97 Å². The van der Waals surface area contributed by atoms with Crippen LogP contribution in [0, 0.1) is 0 Å². The highest BCUT2D eigenvalue weighted by atomic mass is 16.5. The lowest BCUT2D eigenvalue weighted by Crippen LogP contribution is -2.05. The van der Waals surface area contributed by atoms with Crippen LogP contribution in [0.5, 0.6) is 5.88 Å². The van der Waals surface area contributed by atoms with Crippen molar-refractivity contribution in [3.63, 3.8) is 0 Å². The minimum absolute atomic E-state index is 0.139. The molecule has 0 spiro atoms. The highest BCUT2D eigenvalue weighted by Crippen LogP contribution is 2.21. The van der Waals surface area contributed by atoms with Crippen LogP contribution in [0.1, 0.15) is 37.4 Å². The van der Waals surface area contributed by atoms with E-state index in [9.17, 15) is 0 Å². The summed E-state index contributed by atoms with van der Waals surface area (Å²) >= 11 is 0. The Bertz CT molecular complexity index is 864. The fourth-order valence-electron chi connectivity index (χ4n) is 2.36. The van der Waals surface area contributed by atoms with Gasteiger partial charge in [0.2, 0.25) is 11.8 Å². The van der Waals surface area contributed by atoms with Crippen LogP contribution < -0.4 is 10.5 Å². The molecule has 0 radical (unpaired) electrons. The largest absolute Gasteiger partial charge is 0.476 e. The third-order valence-corrected chi connectivity index (χ3v) is 3.64. The van der Waals surface area contributed by atoms with E-state index in [4.69, 9.17) is 10.5 Å². The van der Waals surface area contributed by atoms with Gasteiger partial charge in [0, 0.05) is 0 Å². The molecule has 0 atom stereocenters. The highest BCUT2D eigenvalue weighted by molar-refractivity contribution is 5.78. The molecular weight excluding hydrogens is 314 g/mol. The number of nitrogens with two attached hydrogens (primary N) is 1. The van der Waals surface area contributed by atoms with Gasteiger partial charge in [-0.25, -0.2) is 9.97 Å². The SMILES string of the molecule is CCCCCOc1nc(N)nc2ncc(/C=C/c3ccccc3)nc12. The number of anilines is 1. The van der Waals surface area contributed by atoms with Crippen LogP contribution in [-0.2, 0) is 0 Å². The first-order chi connectivity index (χ1) is 12.3. The maximum Gasteiger partial charge on any atom is 0.247 e. The molecule has 0 aliphatic rings. The molecule has 25 heavy (non-hydrogen) atoms. The molecule has 3 aromatic rings. The molecule has 0 amide bonds. The summed E-state index contributed by atoms with van der Waals surface area (Å²) in [6.07, 6.45) is 8.74. The van der Waals surface area contributed by atoms with Gasteiger partial charge < -0.3 is 10.5 Å². The number of hydrogen-bond acceptors (Lipinski definition) is 6. The molecule has 6 heteroatoms. The second-order valence-corrected chi connectivity index (χ2v) is 5.65. The maximum absolute atomic E-state index is 5.76. The van der Waals surface area contributed by atoms with E-state index >= 15 is 0 Å². The zero-order chi connectivity index (χ0) is 17.5. The van der Waals surface area contributed by atoms with E-state index in [1.807, 2.05) is 42.5 Å². The van der Waals surface area contributed by atoms with Crippen LogP contribution in [0.25, 0.3) is 23.3 Å². The summed E-state index contributed by atoms with van der Waals surface area (Å²) in [5.41, 5.74) is 8.52. The molecule has 0 unspecified atom stereocenters. The van der Waals surface area contributed by atoms with Gasteiger partial charge in [0.05, 0.1) is 18.5 Å². The number of aromatic nitrogens is 4. The van der Waals surface area contributed by atoms with Gasteiger partial charge >= 0.3 is 0 Å². The quantitative estimate of drug-likeness (QED) is 0.662. The van der Waals surface area contributed by atoms with Crippen molar-refractivity contribution in [3.8, 4) is 5.88 Å². The van der Waals surface area contributed by atoms with E-state index in [0.29, 0.717) is 29.3 Å². The minimum Gasteiger partial charge on any atom is -0.476 e.